The maximum atomic E-state index is 11.5. The number of carbonyl (C=O) groups is 2. The lowest BCUT2D eigenvalue weighted by molar-refractivity contribution is -0.116. The van der Waals surface area contributed by atoms with Crippen LogP contribution in [0.2, 0.25) is 0 Å². The van der Waals surface area contributed by atoms with Crippen LogP contribution < -0.4 is 5.32 Å². The first-order valence-electron chi connectivity index (χ1n) is 6.51. The molecule has 1 aliphatic heterocycles. The molecule has 0 unspecified atom stereocenters. The second kappa shape index (κ2) is 5.32. The van der Waals surface area contributed by atoms with Crippen LogP contribution in [0.3, 0.4) is 0 Å². The van der Waals surface area contributed by atoms with E-state index in [1.807, 2.05) is 6.07 Å². The van der Waals surface area contributed by atoms with Crippen LogP contribution in [0, 0.1) is 0 Å². The monoisotopic (exact) mass is 283 g/mol. The van der Waals surface area contributed by atoms with Crippen LogP contribution in [-0.4, -0.2) is 29.0 Å². The maximum Gasteiger partial charge on any atom is 0.339 e. The third-order valence-corrected chi connectivity index (χ3v) is 3.29. The minimum atomic E-state index is -0.436. The Morgan fingerprint density at radius 2 is 2.14 bits per heavy atom. The van der Waals surface area contributed by atoms with E-state index in [4.69, 9.17) is 0 Å². The molecule has 0 radical (unpaired) electrons. The van der Waals surface area contributed by atoms with Gasteiger partial charge >= 0.3 is 5.97 Å². The molecule has 0 spiro atoms. The van der Waals surface area contributed by atoms with Crippen LogP contribution in [0.4, 0.5) is 5.69 Å². The number of carbonyl (C=O) groups excluding carboxylic acids is 2. The summed E-state index contributed by atoms with van der Waals surface area (Å²) in [6.07, 6.45) is 4.14. The Balaban J connectivity index is 1.98. The van der Waals surface area contributed by atoms with Gasteiger partial charge in [0.15, 0.2) is 0 Å². The van der Waals surface area contributed by atoms with Gasteiger partial charge in [-0.25, -0.2) is 4.79 Å². The largest absolute Gasteiger partial charge is 0.465 e. The number of amides is 1. The zero-order valence-electron chi connectivity index (χ0n) is 11.4. The normalized spacial score (nSPS) is 13.3. The van der Waals surface area contributed by atoms with Gasteiger partial charge in [0.05, 0.1) is 29.7 Å². The molecule has 0 bridgehead atoms. The highest BCUT2D eigenvalue weighted by molar-refractivity contribution is 5.94. The van der Waals surface area contributed by atoms with E-state index in [1.165, 1.54) is 13.3 Å². The van der Waals surface area contributed by atoms with Crippen molar-refractivity contribution >= 4 is 17.6 Å². The number of methoxy groups -OCH3 is 1. The van der Waals surface area contributed by atoms with Crippen LogP contribution in [-0.2, 0) is 16.0 Å². The molecule has 0 aromatic carbocycles. The van der Waals surface area contributed by atoms with E-state index in [0.29, 0.717) is 24.1 Å². The average molecular weight is 283 g/mol. The number of fused-ring (bicyclic) bond motifs is 1. The lowest BCUT2D eigenvalue weighted by Gasteiger charge is -2.16. The summed E-state index contributed by atoms with van der Waals surface area (Å²) < 4.78 is 4.68. The molecule has 0 aliphatic carbocycles. The first-order valence-corrected chi connectivity index (χ1v) is 6.51. The van der Waals surface area contributed by atoms with Crippen molar-refractivity contribution in [3.8, 4) is 11.3 Å². The van der Waals surface area contributed by atoms with Gasteiger partial charge in [0.25, 0.3) is 0 Å². The summed E-state index contributed by atoms with van der Waals surface area (Å²) in [6.45, 7) is 0. The molecule has 3 heterocycles. The number of aromatic nitrogens is 2. The fourth-order valence-electron chi connectivity index (χ4n) is 2.22. The Labute approximate surface area is 121 Å². The first-order chi connectivity index (χ1) is 10.2. The summed E-state index contributed by atoms with van der Waals surface area (Å²) >= 11 is 0. The van der Waals surface area contributed by atoms with E-state index in [2.05, 4.69) is 20.0 Å². The molecule has 0 atom stereocenters. The van der Waals surface area contributed by atoms with Gasteiger partial charge in [-0.15, -0.1) is 0 Å². The van der Waals surface area contributed by atoms with E-state index in [1.54, 1.807) is 18.3 Å². The molecular formula is C15H13N3O3. The number of hydrogen-bond donors (Lipinski definition) is 1. The predicted octanol–water partition coefficient (Wildman–Crippen LogP) is 1.81. The Morgan fingerprint density at radius 3 is 2.95 bits per heavy atom. The predicted molar refractivity (Wildman–Crippen MR) is 75.8 cm³/mol. The van der Waals surface area contributed by atoms with E-state index < -0.39 is 5.97 Å². The third kappa shape index (κ3) is 2.60. The van der Waals surface area contributed by atoms with Crippen molar-refractivity contribution in [3.63, 3.8) is 0 Å². The minimum absolute atomic E-state index is 0.00593. The quantitative estimate of drug-likeness (QED) is 0.850. The smallest absolute Gasteiger partial charge is 0.339 e. The summed E-state index contributed by atoms with van der Waals surface area (Å²) in [6, 6.07) is 5.30. The lowest BCUT2D eigenvalue weighted by atomic mass is 10.1. The van der Waals surface area contributed by atoms with Crippen molar-refractivity contribution in [1.82, 2.24) is 9.97 Å². The van der Waals surface area contributed by atoms with Crippen molar-refractivity contribution in [2.75, 3.05) is 12.4 Å². The SMILES string of the molecule is COC(=O)c1cncc(-c2ccc3c(n2)CCC(=O)N3)c1. The zero-order valence-corrected chi connectivity index (χ0v) is 11.4. The van der Waals surface area contributed by atoms with Crippen LogP contribution in [0.15, 0.2) is 30.6 Å². The topological polar surface area (TPSA) is 81.2 Å². The molecule has 0 saturated heterocycles. The molecule has 6 heteroatoms. The molecule has 6 nitrogen and oxygen atoms in total. The summed E-state index contributed by atoms with van der Waals surface area (Å²) in [4.78, 5) is 31.4. The Hall–Kier alpha value is -2.76. The van der Waals surface area contributed by atoms with Crippen molar-refractivity contribution in [1.29, 1.82) is 0 Å². The summed E-state index contributed by atoms with van der Waals surface area (Å²) in [7, 11) is 1.33. The zero-order chi connectivity index (χ0) is 14.8. The van der Waals surface area contributed by atoms with E-state index in [-0.39, 0.29) is 5.91 Å². The highest BCUT2D eigenvalue weighted by atomic mass is 16.5. The molecule has 106 valence electrons. The molecule has 1 amide bonds. The average Bonchev–Trinajstić information content (AvgIpc) is 2.53. The second-order valence-corrected chi connectivity index (χ2v) is 4.69. The van der Waals surface area contributed by atoms with Gasteiger partial charge in [-0.2, -0.15) is 0 Å². The van der Waals surface area contributed by atoms with Gasteiger partial charge in [0.2, 0.25) is 5.91 Å². The number of rotatable bonds is 2. The van der Waals surface area contributed by atoms with Gasteiger partial charge in [-0.05, 0) is 18.2 Å². The fraction of sp³-hybridized carbons (Fsp3) is 0.200. The molecule has 1 N–H and O–H groups in total. The van der Waals surface area contributed by atoms with Crippen LogP contribution in [0.25, 0.3) is 11.3 Å². The maximum absolute atomic E-state index is 11.5. The van der Waals surface area contributed by atoms with Gasteiger partial charge < -0.3 is 10.1 Å². The number of aryl methyl sites for hydroxylation is 1. The molecule has 2 aromatic rings. The Bertz CT molecular complexity index is 728. The minimum Gasteiger partial charge on any atom is -0.465 e. The van der Waals surface area contributed by atoms with Crippen LogP contribution in [0.1, 0.15) is 22.5 Å². The van der Waals surface area contributed by atoms with Crippen LogP contribution >= 0.6 is 0 Å². The van der Waals surface area contributed by atoms with Gasteiger partial charge in [0, 0.05) is 30.8 Å². The molecule has 0 saturated carbocycles. The lowest BCUT2D eigenvalue weighted by Crippen LogP contribution is -2.19. The molecule has 3 rings (SSSR count). The first kappa shape index (κ1) is 13.2. The number of nitrogens with zero attached hydrogens (tertiary/aromatic N) is 2. The molecular weight excluding hydrogens is 270 g/mol. The van der Waals surface area contributed by atoms with E-state index in [9.17, 15) is 9.59 Å². The number of anilines is 1. The van der Waals surface area contributed by atoms with Crippen LogP contribution in [0.5, 0.6) is 0 Å². The number of hydrogen-bond acceptors (Lipinski definition) is 5. The fourth-order valence-corrected chi connectivity index (χ4v) is 2.22. The Kier molecular flexibility index (Phi) is 3.35. The van der Waals surface area contributed by atoms with Crippen molar-refractivity contribution < 1.29 is 14.3 Å². The van der Waals surface area contributed by atoms with Gasteiger partial charge in [-0.3, -0.25) is 14.8 Å². The van der Waals surface area contributed by atoms with Crippen molar-refractivity contribution in [3.05, 3.63) is 41.9 Å². The number of esters is 1. The molecule has 2 aromatic heterocycles. The summed E-state index contributed by atoms with van der Waals surface area (Å²) in [5, 5.41) is 2.79. The van der Waals surface area contributed by atoms with E-state index in [0.717, 1.165) is 16.9 Å². The van der Waals surface area contributed by atoms with Crippen molar-refractivity contribution in [2.45, 2.75) is 12.8 Å². The highest BCUT2D eigenvalue weighted by Crippen LogP contribution is 2.25. The standard InChI is InChI=1S/C15H13N3O3/c1-21-15(20)10-6-9(7-16-8-10)11-2-3-13-12(17-11)4-5-14(19)18-13/h2-3,6-8H,4-5H2,1H3,(H,18,19). The molecule has 0 fully saturated rings. The molecule has 21 heavy (non-hydrogen) atoms. The van der Waals surface area contributed by atoms with E-state index >= 15 is 0 Å². The highest BCUT2D eigenvalue weighted by Gasteiger charge is 2.17. The Morgan fingerprint density at radius 1 is 1.29 bits per heavy atom. The number of pyridine rings is 2. The second-order valence-electron chi connectivity index (χ2n) is 4.69. The van der Waals surface area contributed by atoms with Gasteiger partial charge in [0.1, 0.15) is 0 Å². The van der Waals surface area contributed by atoms with Crippen molar-refractivity contribution in [2.24, 2.45) is 0 Å². The summed E-state index contributed by atoms with van der Waals surface area (Å²) in [5.74, 6) is -0.430. The summed E-state index contributed by atoms with van der Waals surface area (Å²) in [5.41, 5.74) is 3.41. The molecule has 1 aliphatic rings. The van der Waals surface area contributed by atoms with Gasteiger partial charge in [-0.1, -0.05) is 0 Å². The third-order valence-electron chi connectivity index (χ3n) is 3.29. The number of ether oxygens (including phenoxy) is 1. The number of nitrogens with one attached hydrogen (secondary N) is 1.